The van der Waals surface area contributed by atoms with Gasteiger partial charge < -0.3 is 0 Å². The molecule has 1 rings (SSSR count). The normalized spacial score (nSPS) is 25.3. The SMILES string of the molecule is CCNP1(F)=NC(C(F)(F)F)=NC(C(F)(F)F)=N1. The minimum Gasteiger partial charge on any atom is -0.240 e. The number of hydrogen-bond donors (Lipinski definition) is 1. The molecule has 0 aromatic carbocycles. The zero-order chi connectivity index (χ0) is 14.2. The fraction of sp³-hybridized carbons (Fsp3) is 0.667. The van der Waals surface area contributed by atoms with Gasteiger partial charge in [-0.2, -0.15) is 40.0 Å². The van der Waals surface area contributed by atoms with Crippen molar-refractivity contribution in [2.75, 3.05) is 6.54 Å². The van der Waals surface area contributed by atoms with Crippen molar-refractivity contribution in [3.63, 3.8) is 0 Å². The average molecular weight is 298 g/mol. The first-order valence-electron chi connectivity index (χ1n) is 4.38. The van der Waals surface area contributed by atoms with Crippen LogP contribution in [0.5, 0.6) is 0 Å². The van der Waals surface area contributed by atoms with Gasteiger partial charge in [-0.05, 0) is 0 Å². The van der Waals surface area contributed by atoms with E-state index >= 15 is 0 Å². The molecule has 0 amide bonds. The van der Waals surface area contributed by atoms with E-state index < -0.39 is 31.7 Å². The van der Waals surface area contributed by atoms with Gasteiger partial charge >= 0.3 is 20.0 Å². The number of nitrogens with zero attached hydrogens (tertiary/aromatic N) is 3. The van der Waals surface area contributed by atoms with Crippen molar-refractivity contribution in [1.29, 1.82) is 0 Å². The van der Waals surface area contributed by atoms with Crippen LogP contribution in [0.15, 0.2) is 14.5 Å². The molecule has 0 radical (unpaired) electrons. The lowest BCUT2D eigenvalue weighted by Crippen LogP contribution is -2.30. The van der Waals surface area contributed by atoms with Crippen molar-refractivity contribution in [1.82, 2.24) is 5.09 Å². The van der Waals surface area contributed by atoms with Crippen molar-refractivity contribution >= 4 is 19.3 Å². The molecule has 0 fully saturated rings. The topological polar surface area (TPSA) is 49.1 Å². The molecule has 12 heteroatoms. The summed E-state index contributed by atoms with van der Waals surface area (Å²) in [5.74, 6) is -4.36. The average Bonchev–Trinajstić information content (AvgIpc) is 2.13. The van der Waals surface area contributed by atoms with Gasteiger partial charge in [0.15, 0.2) is 0 Å². The van der Waals surface area contributed by atoms with E-state index in [0.29, 0.717) is 0 Å². The molecule has 0 bridgehead atoms. The van der Waals surface area contributed by atoms with E-state index in [1.807, 2.05) is 0 Å². The van der Waals surface area contributed by atoms with E-state index in [9.17, 15) is 30.5 Å². The van der Waals surface area contributed by atoms with Crippen LogP contribution >= 0.6 is 7.67 Å². The zero-order valence-electron chi connectivity index (χ0n) is 8.64. The van der Waals surface area contributed by atoms with E-state index in [-0.39, 0.29) is 6.54 Å². The zero-order valence-corrected chi connectivity index (χ0v) is 9.54. The second kappa shape index (κ2) is 4.61. The lowest BCUT2D eigenvalue weighted by Gasteiger charge is -2.19. The van der Waals surface area contributed by atoms with Gasteiger partial charge in [0.2, 0.25) is 11.7 Å². The van der Waals surface area contributed by atoms with Crippen molar-refractivity contribution in [3.05, 3.63) is 0 Å². The summed E-state index contributed by atoms with van der Waals surface area (Å²) in [7, 11) is -4.78. The van der Waals surface area contributed by atoms with Gasteiger partial charge in [0, 0.05) is 6.54 Å². The molecule has 4 nitrogen and oxygen atoms in total. The Morgan fingerprint density at radius 1 is 1.06 bits per heavy atom. The number of amidine groups is 2. The van der Waals surface area contributed by atoms with E-state index in [2.05, 4.69) is 14.5 Å². The Balaban J connectivity index is 3.36. The van der Waals surface area contributed by atoms with Crippen LogP contribution in [-0.4, -0.2) is 30.6 Å². The third kappa shape index (κ3) is 3.52. The highest BCUT2D eigenvalue weighted by Gasteiger charge is 2.46. The standard InChI is InChI=1S/C6H6F7N4P/c1-2-14-18(13)16-3(5(7,8)9)15-4(17-18)6(10,11)12/h14H,2H2,1H3. The third-order valence-corrected chi connectivity index (χ3v) is 3.16. The van der Waals surface area contributed by atoms with E-state index in [1.165, 1.54) is 6.92 Å². The molecule has 0 saturated carbocycles. The molecular formula is C6H6F7N4P. The Kier molecular flexibility index (Phi) is 3.87. The number of aliphatic imine (C=N–C) groups is 1. The lowest BCUT2D eigenvalue weighted by atomic mass is 10.5. The molecule has 0 aromatic heterocycles. The molecule has 18 heavy (non-hydrogen) atoms. The molecule has 104 valence electrons. The smallest absolute Gasteiger partial charge is 0.240 e. The van der Waals surface area contributed by atoms with Gasteiger partial charge in [-0.1, -0.05) is 6.92 Å². The predicted octanol–water partition coefficient (Wildman–Crippen LogP) is 3.45. The highest BCUT2D eigenvalue weighted by Crippen LogP contribution is 2.52. The fourth-order valence-electron chi connectivity index (χ4n) is 0.930. The summed E-state index contributed by atoms with van der Waals surface area (Å²) >= 11 is 0. The van der Waals surface area contributed by atoms with Crippen LogP contribution in [0.1, 0.15) is 6.92 Å². The second-order valence-electron chi connectivity index (χ2n) is 2.99. The Bertz CT molecular complexity index is 431. The molecule has 0 aliphatic carbocycles. The predicted molar refractivity (Wildman–Crippen MR) is 51.1 cm³/mol. The van der Waals surface area contributed by atoms with E-state index in [0.717, 1.165) is 0 Å². The molecule has 0 saturated heterocycles. The largest absolute Gasteiger partial charge is 0.451 e. The van der Waals surface area contributed by atoms with Crippen molar-refractivity contribution in [3.8, 4) is 0 Å². The van der Waals surface area contributed by atoms with Crippen molar-refractivity contribution < 1.29 is 30.5 Å². The summed E-state index contributed by atoms with van der Waals surface area (Å²) in [5, 5.41) is 1.77. The van der Waals surface area contributed by atoms with Gasteiger partial charge in [0.05, 0.1) is 0 Å². The molecule has 1 aliphatic heterocycles. The molecule has 1 atom stereocenters. The quantitative estimate of drug-likeness (QED) is 0.616. The number of alkyl halides is 6. The molecule has 1 heterocycles. The summed E-state index contributed by atoms with van der Waals surface area (Å²) in [6.07, 6.45) is -10.6. The fourth-order valence-corrected chi connectivity index (χ4v) is 2.34. The van der Waals surface area contributed by atoms with Gasteiger partial charge in [0.1, 0.15) is 0 Å². The summed E-state index contributed by atoms with van der Waals surface area (Å²) in [5.41, 5.74) is 0. The second-order valence-corrected chi connectivity index (χ2v) is 4.76. The first kappa shape index (κ1) is 15.1. The number of nitrogens with one attached hydrogen (secondary N) is 1. The Labute approximate surface area is 96.3 Å². The maximum absolute atomic E-state index is 13.7. The van der Waals surface area contributed by atoms with Crippen LogP contribution < -0.4 is 5.09 Å². The van der Waals surface area contributed by atoms with Crippen LogP contribution in [0, 0.1) is 0 Å². The van der Waals surface area contributed by atoms with Crippen LogP contribution in [0.2, 0.25) is 0 Å². The minimum atomic E-state index is -5.28. The summed E-state index contributed by atoms with van der Waals surface area (Å²) < 4.78 is 92.3. The highest BCUT2D eigenvalue weighted by molar-refractivity contribution is 7.58. The molecule has 0 spiro atoms. The number of halogens is 7. The Hall–Kier alpha value is -0.960. The van der Waals surface area contributed by atoms with Gasteiger partial charge in [-0.3, -0.25) is 0 Å². The Morgan fingerprint density at radius 3 is 1.94 bits per heavy atom. The highest BCUT2D eigenvalue weighted by atomic mass is 31.2. The van der Waals surface area contributed by atoms with E-state index in [1.54, 1.807) is 5.09 Å². The van der Waals surface area contributed by atoms with Crippen LogP contribution in [0.3, 0.4) is 0 Å². The minimum absolute atomic E-state index is 0.229. The Morgan fingerprint density at radius 2 is 1.56 bits per heavy atom. The van der Waals surface area contributed by atoms with Crippen molar-refractivity contribution in [2.24, 2.45) is 14.5 Å². The first-order chi connectivity index (χ1) is 7.98. The maximum atomic E-state index is 13.7. The summed E-state index contributed by atoms with van der Waals surface area (Å²) in [6, 6.07) is 0. The third-order valence-electron chi connectivity index (χ3n) is 1.53. The molecule has 1 aliphatic rings. The first-order valence-corrected chi connectivity index (χ1v) is 5.97. The molecule has 0 aromatic rings. The van der Waals surface area contributed by atoms with Gasteiger partial charge in [-0.15, -0.1) is 0 Å². The van der Waals surface area contributed by atoms with Crippen molar-refractivity contribution in [2.45, 2.75) is 19.3 Å². The lowest BCUT2D eigenvalue weighted by molar-refractivity contribution is -0.0633. The number of rotatable bonds is 2. The maximum Gasteiger partial charge on any atom is 0.451 e. The summed E-state index contributed by atoms with van der Waals surface area (Å²) in [4.78, 5) is 2.20. The van der Waals surface area contributed by atoms with Crippen LogP contribution in [-0.2, 0) is 0 Å². The van der Waals surface area contributed by atoms with Crippen LogP contribution in [0.4, 0.5) is 30.5 Å². The number of hydrogen-bond acceptors (Lipinski definition) is 4. The van der Waals surface area contributed by atoms with E-state index in [4.69, 9.17) is 0 Å². The molecular weight excluding hydrogens is 292 g/mol. The van der Waals surface area contributed by atoms with Gasteiger partial charge in [-0.25, -0.2) is 10.1 Å². The summed E-state index contributed by atoms with van der Waals surface area (Å²) in [6.45, 7) is 1.06. The molecule has 1 N–H and O–H groups in total. The monoisotopic (exact) mass is 298 g/mol. The van der Waals surface area contributed by atoms with Crippen LogP contribution in [0.25, 0.3) is 0 Å². The molecule has 1 unspecified atom stereocenters. The van der Waals surface area contributed by atoms with Gasteiger partial charge in [0.25, 0.3) is 0 Å².